The van der Waals surface area contributed by atoms with Crippen molar-refractivity contribution in [1.29, 1.82) is 0 Å². The highest BCUT2D eigenvalue weighted by molar-refractivity contribution is 5.37. The molecule has 0 unspecified atom stereocenters. The molecule has 0 aliphatic heterocycles. The lowest BCUT2D eigenvalue weighted by Crippen LogP contribution is -1.86. The van der Waals surface area contributed by atoms with E-state index in [1.165, 1.54) is 5.56 Å². The highest BCUT2D eigenvalue weighted by Crippen LogP contribution is 2.25. The second kappa shape index (κ2) is 4.71. The number of rotatable bonds is 3. The summed E-state index contributed by atoms with van der Waals surface area (Å²) in [5.74, 6) is 2.42. The van der Waals surface area contributed by atoms with Gasteiger partial charge in [-0.1, -0.05) is 18.2 Å². The third-order valence-electron chi connectivity index (χ3n) is 2.27. The average Bonchev–Trinajstić information content (AvgIpc) is 2.29. The SMILES string of the molecule is COc1cccc(Oc2cccc(C)c2)c1. The molecule has 0 fully saturated rings. The van der Waals surface area contributed by atoms with E-state index in [9.17, 15) is 0 Å². The topological polar surface area (TPSA) is 18.5 Å². The number of benzene rings is 2. The van der Waals surface area contributed by atoms with Gasteiger partial charge in [-0.3, -0.25) is 0 Å². The summed E-state index contributed by atoms with van der Waals surface area (Å²) >= 11 is 0. The highest BCUT2D eigenvalue weighted by atomic mass is 16.5. The first kappa shape index (κ1) is 10.6. The third kappa shape index (κ3) is 2.54. The fraction of sp³-hybridized carbons (Fsp3) is 0.143. The zero-order valence-electron chi connectivity index (χ0n) is 9.44. The molecule has 16 heavy (non-hydrogen) atoms. The van der Waals surface area contributed by atoms with Gasteiger partial charge in [-0.25, -0.2) is 0 Å². The van der Waals surface area contributed by atoms with E-state index in [-0.39, 0.29) is 0 Å². The monoisotopic (exact) mass is 214 g/mol. The summed E-state index contributed by atoms with van der Waals surface area (Å²) in [5.41, 5.74) is 1.18. The number of ether oxygens (including phenoxy) is 2. The van der Waals surface area contributed by atoms with Gasteiger partial charge in [0.05, 0.1) is 7.11 Å². The van der Waals surface area contributed by atoms with E-state index >= 15 is 0 Å². The van der Waals surface area contributed by atoms with E-state index in [1.807, 2.05) is 55.5 Å². The summed E-state index contributed by atoms with van der Waals surface area (Å²) in [6.45, 7) is 2.04. The Morgan fingerprint density at radius 1 is 0.812 bits per heavy atom. The predicted octanol–water partition coefficient (Wildman–Crippen LogP) is 3.80. The van der Waals surface area contributed by atoms with Crippen molar-refractivity contribution in [3.8, 4) is 17.2 Å². The first-order valence-electron chi connectivity index (χ1n) is 5.16. The molecule has 0 aliphatic rings. The van der Waals surface area contributed by atoms with Gasteiger partial charge in [0.25, 0.3) is 0 Å². The van der Waals surface area contributed by atoms with Crippen molar-refractivity contribution in [1.82, 2.24) is 0 Å². The molecule has 0 heterocycles. The Bertz CT molecular complexity index is 478. The molecule has 2 rings (SSSR count). The van der Waals surface area contributed by atoms with Gasteiger partial charge in [0.1, 0.15) is 17.2 Å². The van der Waals surface area contributed by atoms with Crippen LogP contribution in [0.4, 0.5) is 0 Å². The molecule has 0 bridgehead atoms. The fourth-order valence-electron chi connectivity index (χ4n) is 1.48. The molecule has 0 saturated carbocycles. The van der Waals surface area contributed by atoms with Gasteiger partial charge in [0.2, 0.25) is 0 Å². The van der Waals surface area contributed by atoms with Crippen LogP contribution in [0.1, 0.15) is 5.56 Å². The smallest absolute Gasteiger partial charge is 0.131 e. The van der Waals surface area contributed by atoms with Gasteiger partial charge in [0.15, 0.2) is 0 Å². The summed E-state index contributed by atoms with van der Waals surface area (Å²) in [6.07, 6.45) is 0. The molecule has 0 spiro atoms. The highest BCUT2D eigenvalue weighted by Gasteiger charge is 1.98. The molecular weight excluding hydrogens is 200 g/mol. The molecule has 0 amide bonds. The zero-order chi connectivity index (χ0) is 11.4. The molecule has 82 valence electrons. The Labute approximate surface area is 95.4 Å². The standard InChI is InChI=1S/C14H14O2/c1-11-5-3-7-13(9-11)16-14-8-4-6-12(10-14)15-2/h3-10H,1-2H3. The van der Waals surface area contributed by atoms with Gasteiger partial charge in [0, 0.05) is 6.07 Å². The minimum absolute atomic E-state index is 0.782. The average molecular weight is 214 g/mol. The Balaban J connectivity index is 2.20. The summed E-state index contributed by atoms with van der Waals surface area (Å²) in [6, 6.07) is 15.5. The van der Waals surface area contributed by atoms with Crippen LogP contribution in [0.2, 0.25) is 0 Å². The summed E-state index contributed by atoms with van der Waals surface area (Å²) in [7, 11) is 1.64. The molecule has 0 radical (unpaired) electrons. The van der Waals surface area contributed by atoms with E-state index in [0.717, 1.165) is 17.2 Å². The molecule has 0 N–H and O–H groups in total. The molecule has 0 aromatic heterocycles. The first-order chi connectivity index (χ1) is 7.78. The van der Waals surface area contributed by atoms with Crippen LogP contribution in [0.25, 0.3) is 0 Å². The maximum Gasteiger partial charge on any atom is 0.131 e. The Morgan fingerprint density at radius 2 is 1.44 bits per heavy atom. The van der Waals surface area contributed by atoms with Gasteiger partial charge < -0.3 is 9.47 Å². The van der Waals surface area contributed by atoms with Crippen LogP contribution < -0.4 is 9.47 Å². The van der Waals surface area contributed by atoms with Crippen LogP contribution in [0, 0.1) is 6.92 Å². The van der Waals surface area contributed by atoms with Crippen LogP contribution in [0.5, 0.6) is 17.2 Å². The molecule has 2 heteroatoms. The largest absolute Gasteiger partial charge is 0.497 e. The summed E-state index contributed by atoms with van der Waals surface area (Å²) < 4.78 is 10.9. The predicted molar refractivity (Wildman–Crippen MR) is 64.2 cm³/mol. The van der Waals surface area contributed by atoms with Crippen molar-refractivity contribution < 1.29 is 9.47 Å². The Hall–Kier alpha value is -1.96. The number of methoxy groups -OCH3 is 1. The molecular formula is C14H14O2. The van der Waals surface area contributed by atoms with Crippen molar-refractivity contribution in [3.05, 3.63) is 54.1 Å². The van der Waals surface area contributed by atoms with Crippen molar-refractivity contribution >= 4 is 0 Å². The number of hydrogen-bond acceptors (Lipinski definition) is 2. The van der Waals surface area contributed by atoms with Crippen LogP contribution in [-0.2, 0) is 0 Å². The molecule has 2 nitrogen and oxygen atoms in total. The van der Waals surface area contributed by atoms with E-state index in [4.69, 9.17) is 9.47 Å². The van der Waals surface area contributed by atoms with E-state index in [0.29, 0.717) is 0 Å². The second-order valence-corrected chi connectivity index (χ2v) is 3.60. The van der Waals surface area contributed by atoms with E-state index in [1.54, 1.807) is 7.11 Å². The van der Waals surface area contributed by atoms with Gasteiger partial charge in [-0.05, 0) is 36.8 Å². The van der Waals surface area contributed by atoms with Gasteiger partial charge >= 0.3 is 0 Å². The van der Waals surface area contributed by atoms with Crippen LogP contribution in [0.3, 0.4) is 0 Å². The molecule has 0 atom stereocenters. The quantitative estimate of drug-likeness (QED) is 0.773. The summed E-state index contributed by atoms with van der Waals surface area (Å²) in [4.78, 5) is 0. The van der Waals surface area contributed by atoms with Crippen LogP contribution in [0.15, 0.2) is 48.5 Å². The third-order valence-corrected chi connectivity index (χ3v) is 2.27. The number of hydrogen-bond donors (Lipinski definition) is 0. The van der Waals surface area contributed by atoms with Gasteiger partial charge in [-0.15, -0.1) is 0 Å². The van der Waals surface area contributed by atoms with E-state index < -0.39 is 0 Å². The maximum atomic E-state index is 5.72. The summed E-state index contributed by atoms with van der Waals surface area (Å²) in [5, 5.41) is 0. The van der Waals surface area contributed by atoms with Crippen molar-refractivity contribution in [2.24, 2.45) is 0 Å². The first-order valence-corrected chi connectivity index (χ1v) is 5.16. The van der Waals surface area contributed by atoms with Crippen molar-refractivity contribution in [3.63, 3.8) is 0 Å². The maximum absolute atomic E-state index is 5.72. The van der Waals surface area contributed by atoms with E-state index in [2.05, 4.69) is 0 Å². The zero-order valence-corrected chi connectivity index (χ0v) is 9.44. The minimum Gasteiger partial charge on any atom is -0.497 e. The van der Waals surface area contributed by atoms with Crippen molar-refractivity contribution in [2.75, 3.05) is 7.11 Å². The number of aryl methyl sites for hydroxylation is 1. The lowest BCUT2D eigenvalue weighted by atomic mass is 10.2. The fourth-order valence-corrected chi connectivity index (χ4v) is 1.48. The molecule has 0 aliphatic carbocycles. The lowest BCUT2D eigenvalue weighted by Gasteiger charge is -2.07. The lowest BCUT2D eigenvalue weighted by molar-refractivity contribution is 0.409. The second-order valence-electron chi connectivity index (χ2n) is 3.60. The van der Waals surface area contributed by atoms with Crippen molar-refractivity contribution in [2.45, 2.75) is 6.92 Å². The molecule has 2 aromatic rings. The van der Waals surface area contributed by atoms with Crippen LogP contribution in [-0.4, -0.2) is 7.11 Å². The Morgan fingerprint density at radius 3 is 2.12 bits per heavy atom. The van der Waals surface area contributed by atoms with Gasteiger partial charge in [-0.2, -0.15) is 0 Å². The normalized spacial score (nSPS) is 9.88. The minimum atomic E-state index is 0.782. The molecule has 2 aromatic carbocycles. The van der Waals surface area contributed by atoms with Crippen LogP contribution >= 0.6 is 0 Å². The molecule has 0 saturated heterocycles. The Kier molecular flexibility index (Phi) is 3.10.